The van der Waals surface area contributed by atoms with Crippen LogP contribution in [0.25, 0.3) is 6.08 Å². The smallest absolute Gasteiger partial charge is 0.407 e. The standard InChI is InChI=1S/C21H20ClFN2O3/c1-5-14-6-7-15(12-25-20(26)28-21(2,3)4)18(23)19(14)27-17-9-13(11-24)8-16(22)10-17/h5-10H,1,12H2,2-4H3,(H,25,26). The van der Waals surface area contributed by atoms with Crippen molar-refractivity contribution in [3.63, 3.8) is 0 Å². The van der Waals surface area contributed by atoms with E-state index in [0.717, 1.165) is 0 Å². The number of nitrogens with zero attached hydrogens (tertiary/aromatic N) is 1. The number of benzene rings is 2. The summed E-state index contributed by atoms with van der Waals surface area (Å²) in [6.07, 6.45) is 0.787. The number of halogens is 2. The number of ether oxygens (including phenoxy) is 2. The van der Waals surface area contributed by atoms with Crippen molar-refractivity contribution in [1.29, 1.82) is 5.26 Å². The zero-order chi connectivity index (χ0) is 20.9. The topological polar surface area (TPSA) is 71.3 Å². The molecule has 0 fully saturated rings. The van der Waals surface area contributed by atoms with Gasteiger partial charge in [-0.3, -0.25) is 0 Å². The Morgan fingerprint density at radius 1 is 1.36 bits per heavy atom. The molecule has 0 saturated carbocycles. The number of alkyl carbamates (subject to hydrolysis) is 1. The molecule has 146 valence electrons. The number of nitriles is 1. The normalized spacial score (nSPS) is 10.7. The number of amides is 1. The summed E-state index contributed by atoms with van der Waals surface area (Å²) in [5.74, 6) is -0.528. The van der Waals surface area contributed by atoms with Crippen LogP contribution in [0.5, 0.6) is 11.5 Å². The molecule has 1 N–H and O–H groups in total. The van der Waals surface area contributed by atoms with Crippen LogP contribution in [0, 0.1) is 17.1 Å². The average molecular weight is 403 g/mol. The Morgan fingerprint density at radius 3 is 2.68 bits per heavy atom. The van der Waals surface area contributed by atoms with Crippen LogP contribution in [0.2, 0.25) is 5.02 Å². The first kappa shape index (κ1) is 21.3. The quantitative estimate of drug-likeness (QED) is 0.684. The third kappa shape index (κ3) is 5.73. The Bertz CT molecular complexity index is 946. The molecule has 0 spiro atoms. The van der Waals surface area contributed by atoms with E-state index in [4.69, 9.17) is 26.3 Å². The summed E-state index contributed by atoms with van der Waals surface area (Å²) >= 11 is 5.97. The van der Waals surface area contributed by atoms with Gasteiger partial charge in [-0.05, 0) is 39.0 Å². The van der Waals surface area contributed by atoms with Gasteiger partial charge < -0.3 is 14.8 Å². The highest BCUT2D eigenvalue weighted by Gasteiger charge is 2.18. The molecule has 28 heavy (non-hydrogen) atoms. The van der Waals surface area contributed by atoms with E-state index in [1.54, 1.807) is 26.8 Å². The summed E-state index contributed by atoms with van der Waals surface area (Å²) in [6.45, 7) is 8.77. The lowest BCUT2D eigenvalue weighted by Crippen LogP contribution is -2.32. The lowest BCUT2D eigenvalue weighted by molar-refractivity contribution is 0.0523. The number of rotatable bonds is 5. The van der Waals surface area contributed by atoms with Crippen LogP contribution in [-0.4, -0.2) is 11.7 Å². The van der Waals surface area contributed by atoms with Crippen LogP contribution in [0.15, 0.2) is 36.9 Å². The second-order valence-electron chi connectivity index (χ2n) is 6.91. The predicted molar refractivity (Wildman–Crippen MR) is 106 cm³/mol. The van der Waals surface area contributed by atoms with Crippen LogP contribution >= 0.6 is 11.6 Å². The van der Waals surface area contributed by atoms with Gasteiger partial charge in [-0.1, -0.05) is 36.4 Å². The van der Waals surface area contributed by atoms with Crippen LogP contribution in [0.1, 0.15) is 37.5 Å². The molecule has 2 aromatic carbocycles. The van der Waals surface area contributed by atoms with Crippen molar-refractivity contribution in [1.82, 2.24) is 5.32 Å². The zero-order valence-electron chi connectivity index (χ0n) is 15.8. The van der Waals surface area contributed by atoms with Crippen molar-refractivity contribution < 1.29 is 18.7 Å². The molecule has 0 aromatic heterocycles. The average Bonchev–Trinajstić information content (AvgIpc) is 2.60. The van der Waals surface area contributed by atoms with E-state index in [1.807, 2.05) is 6.07 Å². The first-order valence-electron chi connectivity index (χ1n) is 8.42. The molecule has 0 aliphatic carbocycles. The molecular formula is C21H20ClFN2O3. The van der Waals surface area contributed by atoms with E-state index >= 15 is 4.39 Å². The largest absolute Gasteiger partial charge is 0.454 e. The maximum Gasteiger partial charge on any atom is 0.407 e. The van der Waals surface area contributed by atoms with E-state index in [2.05, 4.69) is 11.9 Å². The van der Waals surface area contributed by atoms with Gasteiger partial charge in [0.25, 0.3) is 0 Å². The van der Waals surface area contributed by atoms with Crippen molar-refractivity contribution in [3.8, 4) is 17.6 Å². The second kappa shape index (κ2) is 8.77. The summed E-state index contributed by atoms with van der Waals surface area (Å²) in [7, 11) is 0. The summed E-state index contributed by atoms with van der Waals surface area (Å²) in [5.41, 5.74) is 0.242. The van der Waals surface area contributed by atoms with Gasteiger partial charge in [-0.25, -0.2) is 9.18 Å². The molecule has 2 aromatic rings. The summed E-state index contributed by atoms with van der Waals surface area (Å²) < 4.78 is 25.8. The molecule has 0 radical (unpaired) electrons. The van der Waals surface area contributed by atoms with Crippen molar-refractivity contribution >= 4 is 23.8 Å². The van der Waals surface area contributed by atoms with Gasteiger partial charge in [0.1, 0.15) is 11.4 Å². The van der Waals surface area contributed by atoms with Gasteiger partial charge in [0.2, 0.25) is 0 Å². The molecule has 0 aliphatic heterocycles. The van der Waals surface area contributed by atoms with Gasteiger partial charge in [0.15, 0.2) is 11.6 Å². The maximum atomic E-state index is 15.0. The molecule has 1 amide bonds. The Morgan fingerprint density at radius 2 is 2.07 bits per heavy atom. The van der Waals surface area contributed by atoms with Crippen molar-refractivity contribution in [2.75, 3.05) is 0 Å². The fraction of sp³-hybridized carbons (Fsp3) is 0.238. The second-order valence-corrected chi connectivity index (χ2v) is 7.34. The van der Waals surface area contributed by atoms with E-state index in [0.29, 0.717) is 5.56 Å². The van der Waals surface area contributed by atoms with E-state index in [1.165, 1.54) is 30.3 Å². The maximum absolute atomic E-state index is 15.0. The number of nitrogens with one attached hydrogen (secondary N) is 1. The van der Waals surface area contributed by atoms with Crippen molar-refractivity contribution in [2.24, 2.45) is 0 Å². The van der Waals surface area contributed by atoms with Crippen molar-refractivity contribution in [3.05, 3.63) is 64.4 Å². The monoisotopic (exact) mass is 402 g/mol. The lowest BCUT2D eigenvalue weighted by Gasteiger charge is -2.20. The summed E-state index contributed by atoms with van der Waals surface area (Å²) in [6, 6.07) is 9.49. The highest BCUT2D eigenvalue weighted by molar-refractivity contribution is 6.30. The highest BCUT2D eigenvalue weighted by Crippen LogP contribution is 2.33. The Kier molecular flexibility index (Phi) is 6.66. The van der Waals surface area contributed by atoms with Gasteiger partial charge >= 0.3 is 6.09 Å². The molecule has 0 saturated heterocycles. The van der Waals surface area contributed by atoms with Gasteiger partial charge in [-0.2, -0.15) is 5.26 Å². The molecule has 0 aliphatic rings. The van der Waals surface area contributed by atoms with Gasteiger partial charge in [0.05, 0.1) is 11.6 Å². The minimum absolute atomic E-state index is 0.0790. The number of carbonyl (C=O) groups is 1. The van der Waals surface area contributed by atoms with Crippen LogP contribution in [-0.2, 0) is 11.3 Å². The molecular weight excluding hydrogens is 383 g/mol. The molecule has 0 bridgehead atoms. The first-order chi connectivity index (χ1) is 13.1. The van der Waals surface area contributed by atoms with Gasteiger partial charge in [0, 0.05) is 22.7 Å². The Labute approximate surface area is 168 Å². The van der Waals surface area contributed by atoms with Crippen molar-refractivity contribution in [2.45, 2.75) is 32.9 Å². The van der Waals surface area contributed by atoms with E-state index < -0.39 is 17.5 Å². The lowest BCUT2D eigenvalue weighted by atomic mass is 10.1. The fourth-order valence-electron chi connectivity index (χ4n) is 2.30. The number of hydrogen-bond acceptors (Lipinski definition) is 4. The van der Waals surface area contributed by atoms with Crippen LogP contribution in [0.3, 0.4) is 0 Å². The van der Waals surface area contributed by atoms with Crippen LogP contribution in [0.4, 0.5) is 9.18 Å². The van der Waals surface area contributed by atoms with E-state index in [9.17, 15) is 4.79 Å². The number of hydrogen-bond donors (Lipinski definition) is 1. The minimum Gasteiger partial charge on any atom is -0.454 e. The van der Waals surface area contributed by atoms with Gasteiger partial charge in [-0.15, -0.1) is 0 Å². The summed E-state index contributed by atoms with van der Waals surface area (Å²) in [4.78, 5) is 11.8. The zero-order valence-corrected chi connectivity index (χ0v) is 16.6. The Balaban J connectivity index is 2.28. The molecule has 7 heteroatoms. The number of carbonyl (C=O) groups excluding carboxylic acids is 1. The fourth-order valence-corrected chi connectivity index (χ4v) is 2.52. The summed E-state index contributed by atoms with van der Waals surface area (Å²) in [5, 5.41) is 11.8. The molecule has 5 nitrogen and oxygen atoms in total. The first-order valence-corrected chi connectivity index (χ1v) is 8.80. The third-order valence-corrected chi connectivity index (χ3v) is 3.69. The highest BCUT2D eigenvalue weighted by atomic mass is 35.5. The molecule has 0 atom stereocenters. The molecule has 0 unspecified atom stereocenters. The minimum atomic E-state index is -0.660. The molecule has 2 rings (SSSR count). The Hall–Kier alpha value is -3.04. The van der Waals surface area contributed by atoms with E-state index in [-0.39, 0.29) is 34.2 Å². The predicted octanol–water partition coefficient (Wildman–Crippen LogP) is 5.81. The SMILES string of the molecule is C=Cc1ccc(CNC(=O)OC(C)(C)C)c(F)c1Oc1cc(Cl)cc(C#N)c1. The third-order valence-electron chi connectivity index (χ3n) is 3.47. The molecule has 0 heterocycles. The van der Waals surface area contributed by atoms with Crippen LogP contribution < -0.4 is 10.1 Å².